The first-order valence-electron chi connectivity index (χ1n) is 5.42. The molecule has 0 unspecified atom stereocenters. The van der Waals surface area contributed by atoms with Gasteiger partial charge >= 0.3 is 0 Å². The molecule has 0 bridgehead atoms. The summed E-state index contributed by atoms with van der Waals surface area (Å²) in [5.41, 5.74) is 2.43. The molecule has 90 valence electrons. The third kappa shape index (κ3) is 2.52. The van der Waals surface area contributed by atoms with Gasteiger partial charge in [-0.1, -0.05) is 12.1 Å². The van der Waals surface area contributed by atoms with Crippen molar-refractivity contribution in [1.82, 2.24) is 9.55 Å². The van der Waals surface area contributed by atoms with Gasteiger partial charge in [-0.15, -0.1) is 0 Å². The van der Waals surface area contributed by atoms with Gasteiger partial charge in [0.1, 0.15) is 16.2 Å². The summed E-state index contributed by atoms with van der Waals surface area (Å²) >= 11 is 3.50. The maximum absolute atomic E-state index is 5.14. The number of ether oxygens (including phenoxy) is 1. The van der Waals surface area contributed by atoms with Crippen LogP contribution in [0.2, 0.25) is 0 Å². The van der Waals surface area contributed by atoms with Gasteiger partial charge in [0.25, 0.3) is 0 Å². The summed E-state index contributed by atoms with van der Waals surface area (Å²) in [7, 11) is 3.71. The van der Waals surface area contributed by atoms with Crippen molar-refractivity contribution in [2.24, 2.45) is 7.05 Å². The number of methoxy groups -OCH3 is 1. The van der Waals surface area contributed by atoms with E-state index in [-0.39, 0.29) is 0 Å². The standard InChI is InChI=1S/C13H15BrN2O/c1-9-15-13(14)12(16(9)2)8-10-4-6-11(17-3)7-5-10/h4-7H,8H2,1-3H3. The Morgan fingerprint density at radius 1 is 1.29 bits per heavy atom. The molecule has 0 saturated heterocycles. The van der Waals surface area contributed by atoms with E-state index < -0.39 is 0 Å². The molecule has 1 aromatic heterocycles. The highest BCUT2D eigenvalue weighted by Gasteiger charge is 2.10. The van der Waals surface area contributed by atoms with Crippen LogP contribution in [0, 0.1) is 6.92 Å². The lowest BCUT2D eigenvalue weighted by atomic mass is 10.1. The van der Waals surface area contributed by atoms with E-state index >= 15 is 0 Å². The maximum Gasteiger partial charge on any atom is 0.127 e. The second kappa shape index (κ2) is 4.92. The van der Waals surface area contributed by atoms with E-state index in [9.17, 15) is 0 Å². The van der Waals surface area contributed by atoms with Crippen LogP contribution in [-0.2, 0) is 13.5 Å². The Labute approximate surface area is 110 Å². The summed E-state index contributed by atoms with van der Waals surface area (Å²) in [5.74, 6) is 1.90. The van der Waals surface area contributed by atoms with E-state index in [1.165, 1.54) is 11.3 Å². The number of rotatable bonds is 3. The van der Waals surface area contributed by atoms with Gasteiger partial charge in [-0.25, -0.2) is 4.98 Å². The van der Waals surface area contributed by atoms with E-state index in [0.717, 1.165) is 22.6 Å². The molecule has 0 amide bonds. The molecular formula is C13H15BrN2O. The number of benzene rings is 1. The van der Waals surface area contributed by atoms with E-state index in [4.69, 9.17) is 4.74 Å². The lowest BCUT2D eigenvalue weighted by molar-refractivity contribution is 0.414. The summed E-state index contributed by atoms with van der Waals surface area (Å²) in [5, 5.41) is 0. The van der Waals surface area contributed by atoms with Crippen molar-refractivity contribution in [3.63, 3.8) is 0 Å². The van der Waals surface area contributed by atoms with Gasteiger partial charge in [0, 0.05) is 13.5 Å². The molecule has 2 rings (SSSR count). The highest BCUT2D eigenvalue weighted by Crippen LogP contribution is 2.21. The van der Waals surface area contributed by atoms with Gasteiger partial charge < -0.3 is 9.30 Å². The first-order valence-corrected chi connectivity index (χ1v) is 6.21. The van der Waals surface area contributed by atoms with Crippen molar-refractivity contribution < 1.29 is 4.74 Å². The van der Waals surface area contributed by atoms with Crippen LogP contribution in [0.5, 0.6) is 5.75 Å². The summed E-state index contributed by atoms with van der Waals surface area (Å²) < 4.78 is 8.17. The van der Waals surface area contributed by atoms with Gasteiger partial charge in [0.2, 0.25) is 0 Å². The minimum atomic E-state index is 0.863. The second-order valence-corrected chi connectivity index (χ2v) is 4.73. The molecule has 0 N–H and O–H groups in total. The number of hydrogen-bond acceptors (Lipinski definition) is 2. The summed E-state index contributed by atoms with van der Waals surface area (Å²) in [6.07, 6.45) is 0.863. The third-order valence-electron chi connectivity index (χ3n) is 2.92. The maximum atomic E-state index is 5.14. The fourth-order valence-corrected chi connectivity index (χ4v) is 2.41. The summed E-state index contributed by atoms with van der Waals surface area (Å²) in [4.78, 5) is 4.40. The lowest BCUT2D eigenvalue weighted by Gasteiger charge is -2.06. The zero-order valence-electron chi connectivity index (χ0n) is 10.2. The Hall–Kier alpha value is -1.29. The first-order chi connectivity index (χ1) is 8.11. The third-order valence-corrected chi connectivity index (χ3v) is 3.55. The van der Waals surface area contributed by atoms with Crippen molar-refractivity contribution in [3.05, 3.63) is 46.0 Å². The first kappa shape index (κ1) is 12.2. The molecule has 0 aliphatic carbocycles. The van der Waals surface area contributed by atoms with Crippen molar-refractivity contribution in [2.75, 3.05) is 7.11 Å². The monoisotopic (exact) mass is 294 g/mol. The van der Waals surface area contributed by atoms with Gasteiger partial charge in [-0.05, 0) is 40.5 Å². The summed E-state index contributed by atoms with van der Waals surface area (Å²) in [6.45, 7) is 2.00. The summed E-state index contributed by atoms with van der Waals surface area (Å²) in [6, 6.07) is 8.11. The Morgan fingerprint density at radius 3 is 2.41 bits per heavy atom. The molecular weight excluding hydrogens is 280 g/mol. The number of hydrogen-bond donors (Lipinski definition) is 0. The Kier molecular flexibility index (Phi) is 3.52. The zero-order valence-corrected chi connectivity index (χ0v) is 11.8. The molecule has 2 aromatic rings. The van der Waals surface area contributed by atoms with E-state index in [2.05, 4.69) is 37.6 Å². The molecule has 17 heavy (non-hydrogen) atoms. The fourth-order valence-electron chi connectivity index (χ4n) is 1.74. The quantitative estimate of drug-likeness (QED) is 0.870. The van der Waals surface area contributed by atoms with Crippen LogP contribution in [0.4, 0.5) is 0 Å². The zero-order chi connectivity index (χ0) is 12.4. The Morgan fingerprint density at radius 2 is 1.94 bits per heavy atom. The van der Waals surface area contributed by atoms with Crippen molar-refractivity contribution in [2.45, 2.75) is 13.3 Å². The number of aromatic nitrogens is 2. The Bertz CT molecular complexity index is 517. The smallest absolute Gasteiger partial charge is 0.127 e. The second-order valence-electron chi connectivity index (χ2n) is 3.98. The molecule has 0 spiro atoms. The largest absolute Gasteiger partial charge is 0.497 e. The van der Waals surface area contributed by atoms with Gasteiger partial charge in [-0.3, -0.25) is 0 Å². The lowest BCUT2D eigenvalue weighted by Crippen LogP contribution is -1.99. The highest BCUT2D eigenvalue weighted by atomic mass is 79.9. The SMILES string of the molecule is COc1ccc(Cc2c(Br)nc(C)n2C)cc1. The molecule has 3 nitrogen and oxygen atoms in total. The van der Waals surface area contributed by atoms with Crippen LogP contribution < -0.4 is 4.74 Å². The highest BCUT2D eigenvalue weighted by molar-refractivity contribution is 9.10. The normalized spacial score (nSPS) is 10.6. The molecule has 4 heteroatoms. The average Bonchev–Trinajstić information content (AvgIpc) is 2.57. The van der Waals surface area contributed by atoms with Crippen molar-refractivity contribution in [1.29, 1.82) is 0 Å². The topological polar surface area (TPSA) is 27.1 Å². The van der Waals surface area contributed by atoms with Crippen LogP contribution in [0.1, 0.15) is 17.1 Å². The van der Waals surface area contributed by atoms with Crippen molar-refractivity contribution in [3.8, 4) is 5.75 Å². The molecule has 0 aliphatic rings. The average molecular weight is 295 g/mol. The molecule has 0 saturated carbocycles. The van der Waals surface area contributed by atoms with Gasteiger partial charge in [0.15, 0.2) is 0 Å². The molecule has 1 aromatic carbocycles. The molecule has 0 atom stereocenters. The van der Waals surface area contributed by atoms with E-state index in [1.54, 1.807) is 7.11 Å². The Balaban J connectivity index is 2.25. The van der Waals surface area contributed by atoms with Crippen LogP contribution in [0.25, 0.3) is 0 Å². The predicted molar refractivity (Wildman–Crippen MR) is 71.4 cm³/mol. The van der Waals surface area contributed by atoms with Crippen LogP contribution in [0.3, 0.4) is 0 Å². The van der Waals surface area contributed by atoms with Crippen LogP contribution in [-0.4, -0.2) is 16.7 Å². The molecule has 0 fully saturated rings. The van der Waals surface area contributed by atoms with Crippen LogP contribution in [0.15, 0.2) is 28.9 Å². The number of nitrogens with zero attached hydrogens (tertiary/aromatic N) is 2. The van der Waals surface area contributed by atoms with Crippen molar-refractivity contribution >= 4 is 15.9 Å². The fraction of sp³-hybridized carbons (Fsp3) is 0.308. The van der Waals surface area contributed by atoms with E-state index in [1.807, 2.05) is 26.1 Å². The van der Waals surface area contributed by atoms with E-state index in [0.29, 0.717) is 0 Å². The minimum absolute atomic E-state index is 0.863. The van der Waals surface area contributed by atoms with Gasteiger partial charge in [-0.2, -0.15) is 0 Å². The number of imidazole rings is 1. The molecule has 0 aliphatic heterocycles. The molecule has 0 radical (unpaired) electrons. The predicted octanol–water partition coefficient (Wildman–Crippen LogP) is 3.09. The number of aryl methyl sites for hydroxylation is 1. The number of halogens is 1. The van der Waals surface area contributed by atoms with Crippen LogP contribution >= 0.6 is 15.9 Å². The molecule has 1 heterocycles. The van der Waals surface area contributed by atoms with Gasteiger partial charge in [0.05, 0.1) is 12.8 Å². The minimum Gasteiger partial charge on any atom is -0.497 e.